The molecule has 0 unspecified atom stereocenters. The molecule has 2 aliphatic heterocycles. The summed E-state index contributed by atoms with van der Waals surface area (Å²) in [6.07, 6.45) is 9.28. The number of cyclic esters (lactones) is 1. The number of carbonyl (C=O) groups excluding carboxylic acids is 3. The Hall–Kier alpha value is -10.1. The summed E-state index contributed by atoms with van der Waals surface area (Å²) in [5.41, 5.74) is 9.59. The van der Waals surface area contributed by atoms with E-state index in [1.54, 1.807) is 47.9 Å². The van der Waals surface area contributed by atoms with Gasteiger partial charge in [0.15, 0.2) is 5.60 Å². The van der Waals surface area contributed by atoms with Gasteiger partial charge in [0.1, 0.15) is 18.1 Å². The number of unbranched alkanes of at least 4 members (excludes halogenated alkanes) is 1. The van der Waals surface area contributed by atoms with Crippen molar-refractivity contribution in [2.75, 3.05) is 13.2 Å². The Labute approximate surface area is 522 Å². The zero-order valence-corrected chi connectivity index (χ0v) is 50.4. The summed E-state index contributed by atoms with van der Waals surface area (Å²) in [6, 6.07) is 53.8. The van der Waals surface area contributed by atoms with Crippen LogP contribution in [0.1, 0.15) is 116 Å². The third-order valence-corrected chi connectivity index (χ3v) is 16.6. The molecule has 4 aromatic carbocycles. The van der Waals surface area contributed by atoms with E-state index in [1.165, 1.54) is 0 Å². The molecule has 1 N–H and O–H groups in total. The molecule has 0 radical (unpaired) electrons. The maximum absolute atomic E-state index is 14.3. The first kappa shape index (κ1) is 60.2. The van der Waals surface area contributed by atoms with Crippen molar-refractivity contribution in [3.05, 3.63) is 278 Å². The molecule has 0 bridgehead atoms. The van der Waals surface area contributed by atoms with Crippen molar-refractivity contribution in [2.24, 2.45) is 0 Å². The minimum Gasteiger partial charge on any atom is -0.494 e. The second-order valence-corrected chi connectivity index (χ2v) is 22.8. The van der Waals surface area contributed by atoms with Crippen LogP contribution in [-0.4, -0.2) is 80.3 Å². The Bertz CT molecular complexity index is 4050. The van der Waals surface area contributed by atoms with Crippen molar-refractivity contribution < 1.29 is 33.7 Å². The van der Waals surface area contributed by atoms with Crippen LogP contribution in [0, 0.1) is 0 Å². The largest absolute Gasteiger partial charge is 0.494 e. The van der Waals surface area contributed by atoms with Gasteiger partial charge < -0.3 is 28.8 Å². The highest BCUT2D eigenvalue weighted by molar-refractivity contribution is 5.95. The molecule has 2 aliphatic rings. The van der Waals surface area contributed by atoms with Crippen LogP contribution in [-0.2, 0) is 80.5 Å². The molecule has 17 nitrogen and oxygen atoms in total. The zero-order chi connectivity index (χ0) is 62.0. The van der Waals surface area contributed by atoms with Crippen molar-refractivity contribution >= 4 is 28.7 Å². The third kappa shape index (κ3) is 13.8. The van der Waals surface area contributed by atoms with Gasteiger partial charge in [-0.1, -0.05) is 74.5 Å². The van der Waals surface area contributed by atoms with Crippen molar-refractivity contribution in [3.63, 3.8) is 0 Å². The molecule has 90 heavy (non-hydrogen) atoms. The van der Waals surface area contributed by atoms with Crippen LogP contribution in [0.2, 0.25) is 0 Å². The third-order valence-electron chi connectivity index (χ3n) is 16.6. The number of benzene rings is 4. The van der Waals surface area contributed by atoms with E-state index in [9.17, 15) is 24.3 Å². The average Bonchev–Trinajstić information content (AvgIpc) is 1.51. The highest BCUT2D eigenvalue weighted by Gasteiger charge is 2.45. The van der Waals surface area contributed by atoms with Crippen molar-refractivity contribution in [2.45, 2.75) is 104 Å². The van der Waals surface area contributed by atoms with Gasteiger partial charge in [-0.05, 0) is 157 Å². The van der Waals surface area contributed by atoms with Crippen molar-refractivity contribution in [1.82, 2.24) is 44.2 Å². The van der Waals surface area contributed by atoms with Gasteiger partial charge in [-0.15, -0.1) is 0 Å². The lowest BCUT2D eigenvalue weighted by Crippen LogP contribution is -2.44. The van der Waals surface area contributed by atoms with Gasteiger partial charge in [0, 0.05) is 99.2 Å². The van der Waals surface area contributed by atoms with Gasteiger partial charge in [0.2, 0.25) is 0 Å². The van der Waals surface area contributed by atoms with Gasteiger partial charge in [0.25, 0.3) is 11.5 Å². The number of pyridine rings is 6. The van der Waals surface area contributed by atoms with Crippen LogP contribution in [0.25, 0.3) is 22.3 Å². The number of fused-ring (bicyclic) bond motifs is 5. The molecule has 6 aromatic heterocycles. The molecular formula is C73H69N9O8. The van der Waals surface area contributed by atoms with E-state index in [0.29, 0.717) is 112 Å². The molecule has 12 rings (SSSR count). The van der Waals surface area contributed by atoms with E-state index >= 15 is 0 Å². The number of aliphatic hydroxyl groups is 1. The quantitative estimate of drug-likeness (QED) is 0.0322. The van der Waals surface area contributed by atoms with Crippen LogP contribution in [0.15, 0.2) is 199 Å². The second kappa shape index (κ2) is 27.5. The van der Waals surface area contributed by atoms with Crippen LogP contribution < -0.4 is 15.0 Å². The number of esters is 2. The number of hydrogen-bond donors (Lipinski definition) is 1. The van der Waals surface area contributed by atoms with E-state index in [4.69, 9.17) is 19.2 Å². The lowest BCUT2D eigenvalue weighted by Gasteiger charge is -2.31. The Kier molecular flexibility index (Phi) is 18.4. The summed E-state index contributed by atoms with van der Waals surface area (Å²) < 4.78 is 19.6. The molecule has 0 fully saturated rings. The monoisotopic (exact) mass is 1200 g/mol. The summed E-state index contributed by atoms with van der Waals surface area (Å²) in [6.45, 7) is 8.63. The topological polar surface area (TPSA) is 195 Å². The first-order valence-corrected chi connectivity index (χ1v) is 30.6. The maximum Gasteiger partial charge on any atom is 0.343 e. The van der Waals surface area contributed by atoms with Gasteiger partial charge >= 0.3 is 11.9 Å². The number of carbonyl (C=O) groups is 3. The zero-order valence-electron chi connectivity index (χ0n) is 50.4. The molecule has 0 saturated carbocycles. The second-order valence-electron chi connectivity index (χ2n) is 22.8. The Morgan fingerprint density at radius 1 is 0.600 bits per heavy atom. The van der Waals surface area contributed by atoms with Gasteiger partial charge in [-0.3, -0.25) is 39.3 Å². The minimum absolute atomic E-state index is 0.0480. The lowest BCUT2D eigenvalue weighted by molar-refractivity contribution is -0.172. The fraction of sp³-hybridized carbons (Fsp3) is 0.247. The Balaban J connectivity index is 0.730. The first-order valence-electron chi connectivity index (χ1n) is 30.6. The van der Waals surface area contributed by atoms with Crippen molar-refractivity contribution in [3.8, 4) is 22.9 Å². The highest BCUT2D eigenvalue weighted by Crippen LogP contribution is 2.41. The van der Waals surface area contributed by atoms with E-state index in [0.717, 1.165) is 61.7 Å². The number of ether oxygens (including phenoxy) is 3. The molecule has 17 heteroatoms. The number of rotatable bonds is 25. The molecule has 1 amide bonds. The summed E-state index contributed by atoms with van der Waals surface area (Å²) in [5.74, 6) is -0.346. The van der Waals surface area contributed by atoms with Crippen LogP contribution >= 0.6 is 0 Å². The predicted molar refractivity (Wildman–Crippen MR) is 341 cm³/mol. The summed E-state index contributed by atoms with van der Waals surface area (Å²) >= 11 is 0. The van der Waals surface area contributed by atoms with Crippen LogP contribution in [0.5, 0.6) is 11.5 Å². The fourth-order valence-electron chi connectivity index (χ4n) is 12.1. The molecule has 0 spiro atoms. The van der Waals surface area contributed by atoms with Crippen molar-refractivity contribution in [1.29, 1.82) is 0 Å². The highest BCUT2D eigenvalue weighted by atomic mass is 16.6. The van der Waals surface area contributed by atoms with Gasteiger partial charge in [-0.2, -0.15) is 0 Å². The molecular weight excluding hydrogens is 1130 g/mol. The SMILES string of the molecule is CCc1c2c(nc3ccc(OC(=O)c4ccc(CN(CCCCOc5cc(CN(Cc6ccccn6)Cc6ccccn6)cc(CN(Cc6ccccn6)Cc6ccccn6)c5)C(=O)c5ccccc5)cc4)cc13)-c1cc3c(c(=O)n1C2)COC(=O)[C@]3(O)CC. The molecule has 454 valence electrons. The number of aromatic nitrogens is 6. The van der Waals surface area contributed by atoms with E-state index < -0.39 is 17.5 Å². The number of nitrogens with zero attached hydrogens (tertiary/aromatic N) is 9. The van der Waals surface area contributed by atoms with Gasteiger partial charge in [-0.25, -0.2) is 14.6 Å². The Morgan fingerprint density at radius 3 is 1.74 bits per heavy atom. The number of hydrogen-bond acceptors (Lipinski definition) is 15. The lowest BCUT2D eigenvalue weighted by atomic mass is 9.86. The number of aryl methyl sites for hydroxylation is 1. The van der Waals surface area contributed by atoms with E-state index in [2.05, 4.69) is 47.9 Å². The molecule has 0 saturated heterocycles. The predicted octanol–water partition coefficient (Wildman–Crippen LogP) is 11.3. The molecule has 10 aromatic rings. The normalized spacial score (nSPS) is 14.0. The Morgan fingerprint density at radius 2 is 1.19 bits per heavy atom. The summed E-state index contributed by atoms with van der Waals surface area (Å²) in [4.78, 5) is 84.9. The standard InChI is InChI=1S/C73H69N9O8/c1-3-61-62-39-59(28-29-66(62)78-68-63(61)48-82-67(68)40-65-64(70(82)84)49-89-72(86)73(65,87)4-2)90-71(85)54-26-24-50(25-27-54)43-81(69(83)53-18-6-5-7-19-53)34-16-17-35-88-60-37-51(41-79(44-55-20-8-12-30-74-55)45-56-21-9-13-31-75-56)36-52(38-60)42-80(46-57-22-10-14-32-76-57)47-58-23-11-15-33-77-58/h5-15,18-33,36-40,87H,3-4,16-17,34-35,41-49H2,1-2H3/t73-/m0/s1. The average molecular weight is 1200 g/mol. The maximum atomic E-state index is 14.3. The van der Waals surface area contributed by atoms with E-state index in [-0.39, 0.29) is 42.2 Å². The van der Waals surface area contributed by atoms with E-state index in [1.807, 2.05) is 152 Å². The molecule has 0 aliphatic carbocycles. The van der Waals surface area contributed by atoms with Crippen LogP contribution in [0.3, 0.4) is 0 Å². The smallest absolute Gasteiger partial charge is 0.343 e. The summed E-state index contributed by atoms with van der Waals surface area (Å²) in [7, 11) is 0. The number of amides is 1. The fourth-order valence-corrected chi connectivity index (χ4v) is 12.1. The molecule has 1 atom stereocenters. The first-order chi connectivity index (χ1) is 44.0. The van der Waals surface area contributed by atoms with Crippen LogP contribution in [0.4, 0.5) is 0 Å². The molecule has 8 heterocycles. The summed E-state index contributed by atoms with van der Waals surface area (Å²) in [5, 5.41) is 12.2. The van der Waals surface area contributed by atoms with Gasteiger partial charge in [0.05, 0.1) is 64.0 Å². The minimum atomic E-state index is -1.93.